The van der Waals surface area contributed by atoms with Crippen molar-refractivity contribution >= 4 is 0 Å². The summed E-state index contributed by atoms with van der Waals surface area (Å²) in [6.07, 6.45) is 2.59. The van der Waals surface area contributed by atoms with E-state index in [0.29, 0.717) is 12.1 Å². The molecule has 0 saturated carbocycles. The lowest BCUT2D eigenvalue weighted by molar-refractivity contribution is 0.344. The van der Waals surface area contributed by atoms with Crippen molar-refractivity contribution in [2.75, 3.05) is 26.2 Å². The molecule has 0 aliphatic carbocycles. The molecule has 0 aromatic rings. The zero-order valence-electron chi connectivity index (χ0n) is 6.84. The maximum Gasteiger partial charge on any atom is 0.0412 e. The fraction of sp³-hybridized carbons (Fsp3) is 1.00. The maximum absolute atomic E-state index is 4.56. The molecule has 2 saturated heterocycles. The summed E-state index contributed by atoms with van der Waals surface area (Å²) in [6, 6.07) is 1.22. The van der Waals surface area contributed by atoms with E-state index in [1.54, 1.807) is 0 Å². The molecule has 2 N–H and O–H groups in total. The van der Waals surface area contributed by atoms with Crippen LogP contribution in [0.3, 0.4) is 0 Å². The normalized spacial score (nSPS) is 39.3. The summed E-state index contributed by atoms with van der Waals surface area (Å²) in [7, 11) is 0. The van der Waals surface area contributed by atoms with Crippen molar-refractivity contribution in [3.8, 4) is 0 Å². The molecule has 0 aromatic carbocycles. The van der Waals surface area contributed by atoms with Crippen LogP contribution in [-0.4, -0.2) is 38.3 Å². The molecule has 0 bridgehead atoms. The zero-order valence-corrected chi connectivity index (χ0v) is 6.84. The van der Waals surface area contributed by atoms with Gasteiger partial charge in [0, 0.05) is 38.3 Å². The van der Waals surface area contributed by atoms with Crippen LogP contribution in [0, 0.1) is 0 Å². The third kappa shape index (κ3) is 1.72. The smallest absolute Gasteiger partial charge is 0.0412 e. The second-order valence-electron chi connectivity index (χ2n) is 3.38. The Morgan fingerprint density at radius 1 is 1.27 bits per heavy atom. The van der Waals surface area contributed by atoms with Crippen LogP contribution in [0.15, 0.2) is 0 Å². The van der Waals surface area contributed by atoms with Gasteiger partial charge in [-0.05, 0) is 12.8 Å². The molecular weight excluding hydrogens is 138 g/mol. The Morgan fingerprint density at radius 2 is 2.27 bits per heavy atom. The van der Waals surface area contributed by atoms with Crippen LogP contribution in [-0.2, 0) is 0 Å². The first-order chi connectivity index (χ1) is 5.47. The first-order valence-corrected chi connectivity index (χ1v) is 4.57. The fourth-order valence-electron chi connectivity index (χ4n) is 1.93. The van der Waals surface area contributed by atoms with Crippen molar-refractivity contribution in [3.63, 3.8) is 0 Å². The molecule has 0 aromatic heterocycles. The summed E-state index contributed by atoms with van der Waals surface area (Å²) in [4.78, 5) is 0. The van der Waals surface area contributed by atoms with E-state index in [1.165, 1.54) is 12.8 Å². The molecular formula is C8H16N3. The van der Waals surface area contributed by atoms with Crippen molar-refractivity contribution in [1.29, 1.82) is 0 Å². The summed E-state index contributed by atoms with van der Waals surface area (Å²) in [5, 5.41) is 11.5. The van der Waals surface area contributed by atoms with Crippen LogP contribution in [0.5, 0.6) is 0 Å². The van der Waals surface area contributed by atoms with Gasteiger partial charge in [-0.2, -0.15) is 0 Å². The summed E-state index contributed by atoms with van der Waals surface area (Å²) in [6.45, 7) is 4.41. The third-order valence-electron chi connectivity index (χ3n) is 2.56. The Labute approximate surface area is 67.9 Å². The molecule has 2 fully saturated rings. The lowest BCUT2D eigenvalue weighted by Crippen LogP contribution is -2.55. The summed E-state index contributed by atoms with van der Waals surface area (Å²) in [5.74, 6) is 0. The van der Waals surface area contributed by atoms with Crippen molar-refractivity contribution in [2.45, 2.75) is 24.9 Å². The highest BCUT2D eigenvalue weighted by atomic mass is 15.1. The van der Waals surface area contributed by atoms with Crippen molar-refractivity contribution in [3.05, 3.63) is 0 Å². The van der Waals surface area contributed by atoms with E-state index in [-0.39, 0.29) is 0 Å². The average molecular weight is 154 g/mol. The third-order valence-corrected chi connectivity index (χ3v) is 2.56. The van der Waals surface area contributed by atoms with E-state index in [4.69, 9.17) is 0 Å². The lowest BCUT2D eigenvalue weighted by atomic mass is 10.1. The highest BCUT2D eigenvalue weighted by Gasteiger charge is 2.26. The largest absolute Gasteiger partial charge is 0.314 e. The number of piperazine rings is 1. The van der Waals surface area contributed by atoms with Gasteiger partial charge >= 0.3 is 0 Å². The van der Waals surface area contributed by atoms with Crippen molar-refractivity contribution < 1.29 is 0 Å². The average Bonchev–Trinajstić information content (AvgIpc) is 2.58. The lowest BCUT2D eigenvalue weighted by Gasteiger charge is -2.28. The van der Waals surface area contributed by atoms with Gasteiger partial charge in [-0.3, -0.25) is 0 Å². The molecule has 3 heteroatoms. The highest BCUT2D eigenvalue weighted by molar-refractivity contribution is 4.89. The summed E-state index contributed by atoms with van der Waals surface area (Å²) in [5.41, 5.74) is 0. The molecule has 1 radical (unpaired) electrons. The monoisotopic (exact) mass is 154 g/mol. The first-order valence-electron chi connectivity index (χ1n) is 4.57. The van der Waals surface area contributed by atoms with Crippen molar-refractivity contribution in [1.82, 2.24) is 16.0 Å². The van der Waals surface area contributed by atoms with Crippen LogP contribution in [0.4, 0.5) is 0 Å². The summed E-state index contributed by atoms with van der Waals surface area (Å²) >= 11 is 0. The van der Waals surface area contributed by atoms with Crippen molar-refractivity contribution in [2.24, 2.45) is 0 Å². The van der Waals surface area contributed by atoms with Crippen LogP contribution in [0.1, 0.15) is 12.8 Å². The molecule has 2 rings (SSSR count). The number of hydrogen-bond donors (Lipinski definition) is 2. The molecule has 63 valence electrons. The van der Waals surface area contributed by atoms with Gasteiger partial charge in [-0.1, -0.05) is 0 Å². The number of nitrogens with zero attached hydrogens (tertiary/aromatic N) is 1. The molecule has 2 aliphatic heterocycles. The second kappa shape index (κ2) is 3.52. The van der Waals surface area contributed by atoms with Gasteiger partial charge in [0.2, 0.25) is 0 Å². The van der Waals surface area contributed by atoms with E-state index in [0.717, 1.165) is 26.2 Å². The number of hydrogen-bond acceptors (Lipinski definition) is 2. The van der Waals surface area contributed by atoms with Gasteiger partial charge in [-0.25, -0.2) is 5.32 Å². The van der Waals surface area contributed by atoms with Crippen LogP contribution < -0.4 is 16.0 Å². The Hall–Kier alpha value is -0.120. The van der Waals surface area contributed by atoms with Crippen LogP contribution in [0.2, 0.25) is 0 Å². The predicted octanol–water partition coefficient (Wildman–Crippen LogP) is -0.685. The minimum absolute atomic E-state index is 0.600. The van der Waals surface area contributed by atoms with E-state index in [1.807, 2.05) is 0 Å². The zero-order chi connectivity index (χ0) is 7.52. The molecule has 3 nitrogen and oxygen atoms in total. The quantitative estimate of drug-likeness (QED) is 0.525. The van der Waals surface area contributed by atoms with Gasteiger partial charge in [0.15, 0.2) is 0 Å². The Balaban J connectivity index is 1.82. The van der Waals surface area contributed by atoms with Gasteiger partial charge < -0.3 is 10.6 Å². The number of nitrogens with one attached hydrogen (secondary N) is 2. The fourth-order valence-corrected chi connectivity index (χ4v) is 1.93. The Morgan fingerprint density at radius 3 is 2.91 bits per heavy atom. The molecule has 2 unspecified atom stereocenters. The van der Waals surface area contributed by atoms with E-state index >= 15 is 0 Å². The Kier molecular flexibility index (Phi) is 2.41. The minimum Gasteiger partial charge on any atom is -0.314 e. The van der Waals surface area contributed by atoms with Gasteiger partial charge in [0.1, 0.15) is 0 Å². The topological polar surface area (TPSA) is 38.2 Å². The van der Waals surface area contributed by atoms with Gasteiger partial charge in [-0.15, -0.1) is 0 Å². The van der Waals surface area contributed by atoms with Gasteiger partial charge in [0.05, 0.1) is 0 Å². The molecule has 2 atom stereocenters. The molecule has 0 amide bonds. The molecule has 2 heterocycles. The van der Waals surface area contributed by atoms with Crippen LogP contribution in [0.25, 0.3) is 0 Å². The SMILES string of the molecule is C1C[N]C(C2CNCCN2)C1. The molecule has 0 spiro atoms. The Bertz CT molecular complexity index is 115. The van der Waals surface area contributed by atoms with E-state index in [9.17, 15) is 0 Å². The first kappa shape index (κ1) is 7.53. The van der Waals surface area contributed by atoms with E-state index in [2.05, 4.69) is 16.0 Å². The minimum atomic E-state index is 0.600. The second-order valence-corrected chi connectivity index (χ2v) is 3.38. The maximum atomic E-state index is 4.56. The number of rotatable bonds is 1. The highest BCUT2D eigenvalue weighted by Crippen LogP contribution is 2.11. The standard InChI is InChI=1S/C8H16N3/c1-2-7(10-3-1)8-6-9-4-5-11-8/h7-9,11H,1-6H2. The molecule has 2 aliphatic rings. The van der Waals surface area contributed by atoms with Gasteiger partial charge in [0.25, 0.3) is 0 Å². The van der Waals surface area contributed by atoms with Crippen LogP contribution >= 0.6 is 0 Å². The van der Waals surface area contributed by atoms with E-state index < -0.39 is 0 Å². The predicted molar refractivity (Wildman–Crippen MR) is 44.7 cm³/mol. The summed E-state index contributed by atoms with van der Waals surface area (Å²) < 4.78 is 0. The molecule has 11 heavy (non-hydrogen) atoms.